The lowest BCUT2D eigenvalue weighted by Gasteiger charge is -2.21. The van der Waals surface area contributed by atoms with Crippen LogP contribution in [0, 0.1) is 20.8 Å². The minimum Gasteiger partial charge on any atom is -0.494 e. The number of hydrogen-bond acceptors (Lipinski definition) is 4. The molecule has 6 heteroatoms. The number of ether oxygens (including phenoxy) is 1. The van der Waals surface area contributed by atoms with Gasteiger partial charge in [0, 0.05) is 0 Å². The van der Waals surface area contributed by atoms with Gasteiger partial charge in [-0.3, -0.25) is 9.69 Å². The van der Waals surface area contributed by atoms with Crippen molar-refractivity contribution in [3.63, 3.8) is 0 Å². The van der Waals surface area contributed by atoms with E-state index in [4.69, 9.17) is 9.72 Å². The summed E-state index contributed by atoms with van der Waals surface area (Å²) in [4.78, 5) is 21.3. The molecule has 1 amide bonds. The van der Waals surface area contributed by atoms with Gasteiger partial charge in [-0.05, 0) is 43.5 Å². The smallest absolute Gasteiger partial charge is 0.233 e. The third-order valence-electron chi connectivity index (χ3n) is 5.12. The number of methoxy groups -OCH3 is 1. The Morgan fingerprint density at radius 1 is 1.14 bits per heavy atom. The highest BCUT2D eigenvalue weighted by Gasteiger charge is 2.23. The summed E-state index contributed by atoms with van der Waals surface area (Å²) >= 11 is 1.56. The molecule has 0 aliphatic carbocycles. The van der Waals surface area contributed by atoms with E-state index >= 15 is 0 Å². The minimum atomic E-state index is 0.0777. The van der Waals surface area contributed by atoms with Crippen LogP contribution in [0.1, 0.15) is 22.3 Å². The lowest BCUT2D eigenvalue weighted by atomic mass is 10.0. The fourth-order valence-electron chi connectivity index (χ4n) is 3.34. The van der Waals surface area contributed by atoms with Crippen LogP contribution in [0.4, 0.5) is 5.13 Å². The number of nitrogens with zero attached hydrogens (tertiary/aromatic N) is 2. The molecule has 2 aromatic carbocycles. The monoisotopic (exact) mass is 412 g/mol. The first kappa shape index (κ1) is 21.3. The number of amides is 1. The van der Waals surface area contributed by atoms with Crippen LogP contribution in [-0.4, -0.2) is 45.2 Å². The van der Waals surface area contributed by atoms with Gasteiger partial charge in [-0.25, -0.2) is 4.98 Å². The van der Waals surface area contributed by atoms with E-state index < -0.39 is 0 Å². The maximum atomic E-state index is 13.3. The number of fused-ring (bicyclic) bond motifs is 1. The number of likely N-dealkylation sites (N-methyl/N-ethyl adjacent to an activating group) is 1. The van der Waals surface area contributed by atoms with Gasteiger partial charge in [-0.1, -0.05) is 41.2 Å². The Morgan fingerprint density at radius 2 is 1.90 bits per heavy atom. The molecule has 0 radical (unpaired) electrons. The molecule has 0 aliphatic heterocycles. The van der Waals surface area contributed by atoms with Crippen LogP contribution in [0.15, 0.2) is 30.3 Å². The van der Waals surface area contributed by atoms with Crippen LogP contribution in [0.2, 0.25) is 0 Å². The molecule has 3 rings (SSSR count). The number of quaternary nitrogens is 1. The van der Waals surface area contributed by atoms with E-state index in [1.165, 1.54) is 10.5 Å². The first-order chi connectivity index (χ1) is 13.8. The van der Waals surface area contributed by atoms with Crippen molar-refractivity contribution < 1.29 is 14.4 Å². The zero-order chi connectivity index (χ0) is 21.1. The number of rotatable bonds is 7. The Labute approximate surface area is 176 Å². The number of anilines is 1. The van der Waals surface area contributed by atoms with Crippen molar-refractivity contribution in [3.8, 4) is 5.75 Å². The molecular formula is C23H30N3O2S+. The summed E-state index contributed by atoms with van der Waals surface area (Å²) < 4.78 is 6.56. The third kappa shape index (κ3) is 4.77. The van der Waals surface area contributed by atoms with Crippen molar-refractivity contribution in [1.82, 2.24) is 4.98 Å². The predicted molar refractivity (Wildman–Crippen MR) is 121 cm³/mol. The second-order valence-electron chi connectivity index (χ2n) is 7.87. The standard InChI is InChI=1S/C23H29N3O2S/c1-15-7-9-18(17(3)13-15)14-20(27)26(12-11-25(4)5)23-24-21-19(28-6)10-8-16(2)22(21)29-23/h7-10,13H,11-12,14H2,1-6H3/p+1. The van der Waals surface area contributed by atoms with Crippen LogP contribution in [0.3, 0.4) is 0 Å². The molecule has 1 aromatic heterocycles. The van der Waals surface area contributed by atoms with Gasteiger partial charge in [-0.15, -0.1) is 0 Å². The number of nitrogens with one attached hydrogen (secondary N) is 1. The number of hydrogen-bond donors (Lipinski definition) is 1. The molecule has 0 saturated heterocycles. The van der Waals surface area contributed by atoms with E-state index in [2.05, 4.69) is 53.1 Å². The summed E-state index contributed by atoms with van der Waals surface area (Å²) in [6.07, 6.45) is 0.376. The Hall–Kier alpha value is -2.44. The second kappa shape index (κ2) is 8.93. The normalized spacial score (nSPS) is 11.3. The van der Waals surface area contributed by atoms with Crippen LogP contribution in [0.5, 0.6) is 5.75 Å². The van der Waals surface area contributed by atoms with Gasteiger partial charge in [-0.2, -0.15) is 0 Å². The maximum absolute atomic E-state index is 13.3. The van der Waals surface area contributed by atoms with Crippen molar-refractivity contribution >= 4 is 32.6 Å². The summed E-state index contributed by atoms with van der Waals surface area (Å²) in [6.45, 7) is 7.69. The molecule has 0 saturated carbocycles. The molecule has 3 aromatic rings. The van der Waals surface area contributed by atoms with Crippen LogP contribution in [-0.2, 0) is 11.2 Å². The van der Waals surface area contributed by atoms with Crippen LogP contribution >= 0.6 is 11.3 Å². The molecule has 0 fully saturated rings. The molecule has 29 heavy (non-hydrogen) atoms. The second-order valence-corrected chi connectivity index (χ2v) is 8.85. The fourth-order valence-corrected chi connectivity index (χ4v) is 4.44. The molecule has 0 aliphatic rings. The van der Waals surface area contributed by atoms with Gasteiger partial charge in [0.1, 0.15) is 11.3 Å². The van der Waals surface area contributed by atoms with Crippen molar-refractivity contribution in [1.29, 1.82) is 0 Å². The highest BCUT2D eigenvalue weighted by Crippen LogP contribution is 2.36. The average molecular weight is 413 g/mol. The molecular weight excluding hydrogens is 382 g/mol. The largest absolute Gasteiger partial charge is 0.494 e. The summed E-state index contributed by atoms with van der Waals surface area (Å²) in [5, 5.41) is 0.739. The van der Waals surface area contributed by atoms with E-state index in [1.807, 2.05) is 17.0 Å². The topological polar surface area (TPSA) is 46.9 Å². The average Bonchev–Trinajstić information content (AvgIpc) is 3.10. The van der Waals surface area contributed by atoms with E-state index in [1.54, 1.807) is 18.4 Å². The van der Waals surface area contributed by atoms with Gasteiger partial charge in [0.15, 0.2) is 5.13 Å². The van der Waals surface area contributed by atoms with Crippen molar-refractivity contribution in [2.24, 2.45) is 0 Å². The Kier molecular flexibility index (Phi) is 6.55. The minimum absolute atomic E-state index is 0.0777. The zero-order valence-electron chi connectivity index (χ0n) is 18.1. The molecule has 1 heterocycles. The lowest BCUT2D eigenvalue weighted by molar-refractivity contribution is -0.856. The van der Waals surface area contributed by atoms with Gasteiger partial charge >= 0.3 is 0 Å². The number of carbonyl (C=O) groups excluding carboxylic acids is 1. The number of aryl methyl sites for hydroxylation is 3. The highest BCUT2D eigenvalue weighted by molar-refractivity contribution is 7.22. The number of benzene rings is 2. The fraction of sp³-hybridized carbons (Fsp3) is 0.391. The number of aromatic nitrogens is 1. The van der Waals surface area contributed by atoms with Gasteiger partial charge < -0.3 is 9.64 Å². The maximum Gasteiger partial charge on any atom is 0.233 e. The molecule has 0 unspecified atom stereocenters. The number of thiazole rings is 1. The quantitative estimate of drug-likeness (QED) is 0.649. The van der Waals surface area contributed by atoms with Gasteiger partial charge in [0.2, 0.25) is 5.91 Å². The first-order valence-corrected chi connectivity index (χ1v) is 10.7. The molecule has 0 spiro atoms. The molecule has 154 valence electrons. The Bertz CT molecular complexity index is 1030. The van der Waals surface area contributed by atoms with Gasteiger partial charge in [0.25, 0.3) is 0 Å². The molecule has 1 N–H and O–H groups in total. The van der Waals surface area contributed by atoms with Crippen molar-refractivity contribution in [2.75, 3.05) is 39.2 Å². The lowest BCUT2D eigenvalue weighted by Crippen LogP contribution is -3.06. The predicted octanol–water partition coefficient (Wildman–Crippen LogP) is 2.95. The number of carbonyl (C=O) groups is 1. The van der Waals surface area contributed by atoms with E-state index in [9.17, 15) is 4.79 Å². The highest BCUT2D eigenvalue weighted by atomic mass is 32.1. The van der Waals surface area contributed by atoms with Crippen molar-refractivity contribution in [2.45, 2.75) is 27.2 Å². The van der Waals surface area contributed by atoms with Crippen LogP contribution in [0.25, 0.3) is 10.2 Å². The van der Waals surface area contributed by atoms with Gasteiger partial charge in [0.05, 0.1) is 45.4 Å². The Balaban J connectivity index is 1.97. The Morgan fingerprint density at radius 3 is 2.55 bits per heavy atom. The summed E-state index contributed by atoms with van der Waals surface area (Å²) in [5.41, 5.74) is 5.40. The first-order valence-electron chi connectivity index (χ1n) is 9.89. The summed E-state index contributed by atoms with van der Waals surface area (Å²) in [6, 6.07) is 10.2. The van der Waals surface area contributed by atoms with E-state index in [0.717, 1.165) is 44.3 Å². The summed E-state index contributed by atoms with van der Waals surface area (Å²) in [7, 11) is 5.85. The molecule has 5 nitrogen and oxygen atoms in total. The van der Waals surface area contributed by atoms with Crippen molar-refractivity contribution in [3.05, 3.63) is 52.6 Å². The van der Waals surface area contributed by atoms with E-state index in [-0.39, 0.29) is 5.91 Å². The summed E-state index contributed by atoms with van der Waals surface area (Å²) in [5.74, 6) is 0.821. The zero-order valence-corrected chi connectivity index (χ0v) is 18.9. The third-order valence-corrected chi connectivity index (χ3v) is 6.33. The SMILES string of the molecule is COc1ccc(C)c2sc(N(CC[NH+](C)C)C(=O)Cc3ccc(C)cc3C)nc12. The molecule has 0 bridgehead atoms. The van der Waals surface area contributed by atoms with Crippen LogP contribution < -0.4 is 14.5 Å². The van der Waals surface area contributed by atoms with E-state index in [0.29, 0.717) is 13.0 Å². The molecule has 0 atom stereocenters.